The van der Waals surface area contributed by atoms with Crippen LogP contribution in [0.3, 0.4) is 0 Å². The molecule has 26 heavy (non-hydrogen) atoms. The van der Waals surface area contributed by atoms with Gasteiger partial charge in [-0.05, 0) is 44.7 Å². The largest absolute Gasteiger partial charge is 0.340 e. The standard InChI is InChI=1S/C21H25N3O2/c1-14-5-3-6-17-18(13-15(2)22-20(14)17)21(26)23-11-8-16(9-12-23)24-10-4-7-19(24)25/h3,5-6,13,16H,4,7-12H2,1-2H3. The summed E-state index contributed by atoms with van der Waals surface area (Å²) >= 11 is 0. The Bertz CT molecular complexity index is 869. The second-order valence-electron chi connectivity index (χ2n) is 7.50. The van der Waals surface area contributed by atoms with Gasteiger partial charge in [-0.1, -0.05) is 18.2 Å². The Hall–Kier alpha value is -2.43. The van der Waals surface area contributed by atoms with Crippen molar-refractivity contribution in [2.24, 2.45) is 0 Å². The fourth-order valence-corrected chi connectivity index (χ4v) is 4.30. The Kier molecular flexibility index (Phi) is 4.39. The average molecular weight is 351 g/mol. The molecule has 0 spiro atoms. The molecule has 0 atom stereocenters. The van der Waals surface area contributed by atoms with E-state index in [0.717, 1.165) is 53.5 Å². The molecule has 1 aromatic carbocycles. The van der Waals surface area contributed by atoms with Crippen LogP contribution in [0.15, 0.2) is 24.3 Å². The minimum Gasteiger partial charge on any atom is -0.340 e. The summed E-state index contributed by atoms with van der Waals surface area (Å²) in [5.74, 6) is 0.360. The Morgan fingerprint density at radius 3 is 2.62 bits per heavy atom. The second kappa shape index (κ2) is 6.71. The molecule has 0 N–H and O–H groups in total. The molecule has 0 radical (unpaired) electrons. The van der Waals surface area contributed by atoms with Crippen LogP contribution in [0.4, 0.5) is 0 Å². The lowest BCUT2D eigenvalue weighted by Crippen LogP contribution is -2.47. The van der Waals surface area contributed by atoms with Crippen molar-refractivity contribution >= 4 is 22.7 Å². The highest BCUT2D eigenvalue weighted by Crippen LogP contribution is 2.26. The van der Waals surface area contributed by atoms with E-state index >= 15 is 0 Å². The summed E-state index contributed by atoms with van der Waals surface area (Å²) in [6.45, 7) is 6.27. The molecule has 0 aliphatic carbocycles. The van der Waals surface area contributed by atoms with Crippen LogP contribution in [0.1, 0.15) is 47.3 Å². The van der Waals surface area contributed by atoms with Gasteiger partial charge in [-0.2, -0.15) is 0 Å². The number of rotatable bonds is 2. The average Bonchev–Trinajstić information content (AvgIpc) is 3.07. The fraction of sp³-hybridized carbons (Fsp3) is 0.476. The van der Waals surface area contributed by atoms with E-state index in [4.69, 9.17) is 0 Å². The van der Waals surface area contributed by atoms with E-state index in [9.17, 15) is 9.59 Å². The van der Waals surface area contributed by atoms with Crippen LogP contribution >= 0.6 is 0 Å². The SMILES string of the molecule is Cc1cc(C(=O)N2CCC(N3CCCC3=O)CC2)c2cccc(C)c2n1. The number of aryl methyl sites for hydroxylation is 2. The van der Waals surface area contributed by atoms with Gasteiger partial charge in [0.05, 0.1) is 11.1 Å². The highest BCUT2D eigenvalue weighted by Gasteiger charge is 2.32. The van der Waals surface area contributed by atoms with Gasteiger partial charge < -0.3 is 9.80 Å². The number of amides is 2. The zero-order valence-corrected chi connectivity index (χ0v) is 15.5. The predicted octanol–water partition coefficient (Wildman–Crippen LogP) is 3.08. The Morgan fingerprint density at radius 1 is 1.15 bits per heavy atom. The molecule has 5 heteroatoms. The Balaban J connectivity index is 1.55. The van der Waals surface area contributed by atoms with Crippen LogP contribution in [0.2, 0.25) is 0 Å². The molecule has 3 heterocycles. The first-order valence-electron chi connectivity index (χ1n) is 9.50. The van der Waals surface area contributed by atoms with E-state index in [1.807, 2.05) is 47.9 Å². The number of para-hydroxylation sites is 1. The highest BCUT2D eigenvalue weighted by molar-refractivity contribution is 6.06. The van der Waals surface area contributed by atoms with Crippen molar-refractivity contribution < 1.29 is 9.59 Å². The van der Waals surface area contributed by atoms with Crippen LogP contribution in [-0.4, -0.2) is 52.3 Å². The number of pyridine rings is 1. The summed E-state index contributed by atoms with van der Waals surface area (Å²) in [4.78, 5) is 33.7. The van der Waals surface area contributed by atoms with Crippen molar-refractivity contribution in [3.8, 4) is 0 Å². The maximum atomic E-state index is 13.2. The van der Waals surface area contributed by atoms with Crippen LogP contribution in [0.25, 0.3) is 10.9 Å². The lowest BCUT2D eigenvalue weighted by atomic mass is 10.00. The summed E-state index contributed by atoms with van der Waals surface area (Å²) in [7, 11) is 0. The van der Waals surface area contributed by atoms with Crippen LogP contribution < -0.4 is 0 Å². The number of hydrogen-bond acceptors (Lipinski definition) is 3. The van der Waals surface area contributed by atoms with Crippen LogP contribution in [0.5, 0.6) is 0 Å². The van der Waals surface area contributed by atoms with E-state index in [1.54, 1.807) is 0 Å². The third-order valence-electron chi connectivity index (χ3n) is 5.70. The zero-order chi connectivity index (χ0) is 18.3. The third-order valence-corrected chi connectivity index (χ3v) is 5.70. The molecule has 2 amide bonds. The fourth-order valence-electron chi connectivity index (χ4n) is 4.30. The monoisotopic (exact) mass is 351 g/mol. The number of carbonyl (C=O) groups excluding carboxylic acids is 2. The minimum absolute atomic E-state index is 0.0808. The quantitative estimate of drug-likeness (QED) is 0.835. The van der Waals surface area contributed by atoms with Crippen molar-refractivity contribution in [2.45, 2.75) is 45.6 Å². The van der Waals surface area contributed by atoms with Crippen LogP contribution in [0, 0.1) is 13.8 Å². The Labute approximate surface area is 154 Å². The van der Waals surface area contributed by atoms with E-state index in [0.29, 0.717) is 25.6 Å². The molecule has 4 rings (SSSR count). The summed E-state index contributed by atoms with van der Waals surface area (Å²) in [5, 5.41) is 0.928. The van der Waals surface area contributed by atoms with Gasteiger partial charge in [-0.15, -0.1) is 0 Å². The first kappa shape index (κ1) is 17.0. The Morgan fingerprint density at radius 2 is 1.92 bits per heavy atom. The van der Waals surface area contributed by atoms with Gasteiger partial charge in [0, 0.05) is 43.2 Å². The number of aromatic nitrogens is 1. The summed E-state index contributed by atoms with van der Waals surface area (Å²) in [5.41, 5.74) is 3.61. The van der Waals surface area contributed by atoms with Gasteiger partial charge in [0.15, 0.2) is 0 Å². The maximum Gasteiger partial charge on any atom is 0.254 e. The molecule has 0 bridgehead atoms. The zero-order valence-electron chi connectivity index (χ0n) is 15.5. The number of fused-ring (bicyclic) bond motifs is 1. The normalized spacial score (nSPS) is 18.8. The van der Waals surface area contributed by atoms with Crippen molar-refractivity contribution in [1.82, 2.24) is 14.8 Å². The van der Waals surface area contributed by atoms with Gasteiger partial charge in [-0.25, -0.2) is 0 Å². The summed E-state index contributed by atoms with van der Waals surface area (Å²) in [6, 6.07) is 8.20. The van der Waals surface area contributed by atoms with Crippen LogP contribution in [-0.2, 0) is 4.79 Å². The number of nitrogens with zero attached hydrogens (tertiary/aromatic N) is 3. The molecule has 2 saturated heterocycles. The molecule has 1 aromatic heterocycles. The summed E-state index contributed by atoms with van der Waals surface area (Å²) < 4.78 is 0. The molecule has 2 fully saturated rings. The maximum absolute atomic E-state index is 13.2. The van der Waals surface area contributed by atoms with E-state index in [2.05, 4.69) is 4.98 Å². The number of likely N-dealkylation sites (tertiary alicyclic amines) is 2. The molecular formula is C21H25N3O2. The smallest absolute Gasteiger partial charge is 0.254 e. The van der Waals surface area contributed by atoms with Crippen molar-refractivity contribution in [2.75, 3.05) is 19.6 Å². The molecule has 2 aromatic rings. The molecule has 2 aliphatic rings. The topological polar surface area (TPSA) is 53.5 Å². The van der Waals surface area contributed by atoms with Crippen molar-refractivity contribution in [1.29, 1.82) is 0 Å². The van der Waals surface area contributed by atoms with Gasteiger partial charge in [-0.3, -0.25) is 14.6 Å². The van der Waals surface area contributed by atoms with Gasteiger partial charge in [0.2, 0.25) is 5.91 Å². The number of carbonyl (C=O) groups is 2. The molecule has 136 valence electrons. The predicted molar refractivity (Wildman–Crippen MR) is 101 cm³/mol. The lowest BCUT2D eigenvalue weighted by Gasteiger charge is -2.36. The number of hydrogen-bond donors (Lipinski definition) is 0. The van der Waals surface area contributed by atoms with Gasteiger partial charge in [0.25, 0.3) is 5.91 Å². The molecule has 2 aliphatic heterocycles. The second-order valence-corrected chi connectivity index (χ2v) is 7.50. The summed E-state index contributed by atoms with van der Waals surface area (Å²) in [6.07, 6.45) is 3.40. The molecule has 0 saturated carbocycles. The van der Waals surface area contributed by atoms with E-state index in [1.165, 1.54) is 0 Å². The number of benzene rings is 1. The molecule has 0 unspecified atom stereocenters. The van der Waals surface area contributed by atoms with E-state index < -0.39 is 0 Å². The van der Waals surface area contributed by atoms with Crippen molar-refractivity contribution in [3.05, 3.63) is 41.1 Å². The number of piperidine rings is 1. The van der Waals surface area contributed by atoms with E-state index in [-0.39, 0.29) is 11.8 Å². The highest BCUT2D eigenvalue weighted by atomic mass is 16.2. The lowest BCUT2D eigenvalue weighted by molar-refractivity contribution is -0.130. The minimum atomic E-state index is 0.0808. The van der Waals surface area contributed by atoms with Gasteiger partial charge in [0.1, 0.15) is 0 Å². The first-order valence-corrected chi connectivity index (χ1v) is 9.50. The first-order chi connectivity index (χ1) is 12.5. The third kappa shape index (κ3) is 2.96. The molecular weight excluding hydrogens is 326 g/mol. The molecule has 5 nitrogen and oxygen atoms in total. The van der Waals surface area contributed by atoms with Gasteiger partial charge >= 0.3 is 0 Å². The van der Waals surface area contributed by atoms with Crippen molar-refractivity contribution in [3.63, 3.8) is 0 Å².